The zero-order valence-electron chi connectivity index (χ0n) is 24.0. The van der Waals surface area contributed by atoms with Crippen molar-refractivity contribution >= 4 is 0 Å². The maximum absolute atomic E-state index is 15.2. The van der Waals surface area contributed by atoms with Gasteiger partial charge in [-0.1, -0.05) is 49.8 Å². The summed E-state index contributed by atoms with van der Waals surface area (Å²) < 4.78 is 107. The number of benzene rings is 4. The highest BCUT2D eigenvalue weighted by atomic mass is 19.3. The Bertz CT molecular complexity index is 1610. The first-order valence-corrected chi connectivity index (χ1v) is 14.6. The monoisotopic (exact) mass is 612 g/mol. The summed E-state index contributed by atoms with van der Waals surface area (Å²) in [5, 5.41) is 0. The molecule has 0 unspecified atom stereocenters. The van der Waals surface area contributed by atoms with Crippen LogP contribution in [-0.4, -0.2) is 0 Å². The largest absolute Gasteiger partial charge is 0.432 e. The summed E-state index contributed by atoms with van der Waals surface area (Å²) in [5.74, 6) is -5.18. The number of ether oxygens (including phenoxy) is 1. The minimum absolute atomic E-state index is 0.167. The maximum atomic E-state index is 15.2. The van der Waals surface area contributed by atoms with Crippen LogP contribution < -0.4 is 4.74 Å². The molecule has 1 aliphatic carbocycles. The minimum Gasteiger partial charge on any atom is -0.429 e. The molecule has 4 aromatic rings. The summed E-state index contributed by atoms with van der Waals surface area (Å²) in [6.45, 7) is 2.14. The number of rotatable bonds is 9. The number of hydrogen-bond acceptors (Lipinski definition) is 1. The average molecular weight is 613 g/mol. The molecular weight excluding hydrogens is 581 g/mol. The Morgan fingerprint density at radius 3 is 1.91 bits per heavy atom. The van der Waals surface area contributed by atoms with E-state index in [9.17, 15) is 22.0 Å². The van der Waals surface area contributed by atoms with E-state index >= 15 is 8.78 Å². The molecule has 0 spiro atoms. The zero-order valence-corrected chi connectivity index (χ0v) is 24.0. The van der Waals surface area contributed by atoms with E-state index in [-0.39, 0.29) is 28.2 Å². The quantitative estimate of drug-likeness (QED) is 0.135. The molecule has 1 saturated carbocycles. The van der Waals surface area contributed by atoms with Gasteiger partial charge in [0.1, 0.15) is 40.4 Å². The first kappa shape index (κ1) is 31.4. The van der Waals surface area contributed by atoms with Crippen molar-refractivity contribution in [3.8, 4) is 28.0 Å². The van der Waals surface area contributed by atoms with Crippen LogP contribution in [0.1, 0.15) is 62.5 Å². The van der Waals surface area contributed by atoms with Gasteiger partial charge in [-0.25, -0.2) is 22.0 Å². The van der Waals surface area contributed by atoms with Gasteiger partial charge in [0.2, 0.25) is 0 Å². The van der Waals surface area contributed by atoms with E-state index < -0.39 is 46.5 Å². The van der Waals surface area contributed by atoms with E-state index in [0.29, 0.717) is 18.1 Å². The number of unbranched alkanes of at least 4 members (excludes halogenated alkanes) is 1. The van der Waals surface area contributed by atoms with Crippen molar-refractivity contribution in [2.75, 3.05) is 0 Å². The molecule has 1 nitrogen and oxygen atoms in total. The third-order valence-electron chi connectivity index (χ3n) is 8.08. The van der Waals surface area contributed by atoms with E-state index in [2.05, 4.69) is 23.8 Å². The number of hydrogen-bond donors (Lipinski definition) is 0. The smallest absolute Gasteiger partial charge is 0.429 e. The molecule has 44 heavy (non-hydrogen) atoms. The van der Waals surface area contributed by atoms with Crippen molar-refractivity contribution in [1.29, 1.82) is 0 Å². The van der Waals surface area contributed by atoms with E-state index in [1.54, 1.807) is 6.07 Å². The Morgan fingerprint density at radius 2 is 1.30 bits per heavy atom. The summed E-state index contributed by atoms with van der Waals surface area (Å²) in [6.07, 6.45) is 6.27. The molecule has 0 N–H and O–H groups in total. The predicted molar refractivity (Wildman–Crippen MR) is 157 cm³/mol. The molecule has 0 aliphatic heterocycles. The van der Waals surface area contributed by atoms with Crippen LogP contribution in [0.5, 0.6) is 5.75 Å². The zero-order chi connectivity index (χ0) is 31.4. The Balaban J connectivity index is 1.33. The number of halogens is 7. The van der Waals surface area contributed by atoms with Crippen molar-refractivity contribution in [2.24, 2.45) is 5.92 Å². The van der Waals surface area contributed by atoms with Crippen molar-refractivity contribution in [3.05, 3.63) is 125 Å². The summed E-state index contributed by atoms with van der Waals surface area (Å²) in [5.41, 5.74) is -0.988. The molecule has 0 aromatic heterocycles. The standard InChI is InChI=1S/C36H31F7O/c1-2-3-4-5-22-6-8-23(9-7-22)24-10-16-29(31(38)18-24)25-11-17-30(32(39)19-25)26-20-33(40)35(34(41)21-26)36(42,43)44-28-14-12-27(37)13-15-28/h4-5,10-23H,2-3,6-9H2,1H3. The first-order valence-electron chi connectivity index (χ1n) is 14.6. The van der Waals surface area contributed by atoms with E-state index in [0.717, 1.165) is 74.4 Å². The molecule has 230 valence electrons. The van der Waals surface area contributed by atoms with Crippen LogP contribution in [0.3, 0.4) is 0 Å². The van der Waals surface area contributed by atoms with Gasteiger partial charge in [0, 0.05) is 11.1 Å². The molecule has 0 saturated heterocycles. The van der Waals surface area contributed by atoms with Gasteiger partial charge in [0.05, 0.1) is 0 Å². The number of allylic oxidation sites excluding steroid dienone is 2. The molecule has 5 rings (SSSR count). The summed E-state index contributed by atoms with van der Waals surface area (Å²) in [7, 11) is 0. The van der Waals surface area contributed by atoms with Crippen molar-refractivity contribution < 1.29 is 35.5 Å². The van der Waals surface area contributed by atoms with Gasteiger partial charge in [-0.2, -0.15) is 8.78 Å². The number of alkyl halides is 2. The van der Waals surface area contributed by atoms with E-state index in [1.165, 1.54) is 18.2 Å². The normalized spacial score (nSPS) is 17.3. The summed E-state index contributed by atoms with van der Waals surface area (Å²) >= 11 is 0. The third kappa shape index (κ3) is 7.01. The van der Waals surface area contributed by atoms with E-state index in [4.69, 9.17) is 0 Å². The van der Waals surface area contributed by atoms with Gasteiger partial charge in [0.25, 0.3) is 0 Å². The Hall–Kier alpha value is -4.07. The van der Waals surface area contributed by atoms with Crippen LogP contribution in [-0.2, 0) is 6.11 Å². The fourth-order valence-corrected chi connectivity index (χ4v) is 5.74. The molecule has 0 amide bonds. The van der Waals surface area contributed by atoms with Crippen LogP contribution in [0.25, 0.3) is 22.3 Å². The van der Waals surface area contributed by atoms with Crippen LogP contribution in [0, 0.1) is 35.0 Å². The Morgan fingerprint density at radius 1 is 0.705 bits per heavy atom. The van der Waals surface area contributed by atoms with Crippen molar-refractivity contribution in [3.63, 3.8) is 0 Å². The lowest BCUT2D eigenvalue weighted by molar-refractivity contribution is -0.189. The molecule has 0 radical (unpaired) electrons. The van der Waals surface area contributed by atoms with Crippen LogP contribution >= 0.6 is 0 Å². The SMILES string of the molecule is CCCC=CC1CCC(c2ccc(-c3ccc(-c4cc(F)c(C(F)(F)Oc5ccc(F)cc5)c(F)c4)c(F)c3)c(F)c2)CC1. The van der Waals surface area contributed by atoms with Gasteiger partial charge in [-0.3, -0.25) is 0 Å². The Kier molecular flexibility index (Phi) is 9.47. The molecule has 0 bridgehead atoms. The first-order chi connectivity index (χ1) is 21.1. The van der Waals surface area contributed by atoms with Crippen LogP contribution in [0.2, 0.25) is 0 Å². The minimum atomic E-state index is -4.44. The maximum Gasteiger partial charge on any atom is 0.432 e. The predicted octanol–water partition coefficient (Wildman–Crippen LogP) is 11.5. The fraction of sp³-hybridized carbons (Fsp3) is 0.278. The van der Waals surface area contributed by atoms with Crippen LogP contribution in [0.4, 0.5) is 30.7 Å². The third-order valence-corrected chi connectivity index (χ3v) is 8.08. The molecule has 0 heterocycles. The highest BCUT2D eigenvalue weighted by Crippen LogP contribution is 2.40. The summed E-state index contributed by atoms with van der Waals surface area (Å²) in [4.78, 5) is 0. The molecule has 1 fully saturated rings. The fourth-order valence-electron chi connectivity index (χ4n) is 5.74. The van der Waals surface area contributed by atoms with Crippen LogP contribution in [0.15, 0.2) is 84.9 Å². The average Bonchev–Trinajstić information content (AvgIpc) is 2.98. The second-order valence-corrected chi connectivity index (χ2v) is 11.2. The van der Waals surface area contributed by atoms with Gasteiger partial charge in [-0.15, -0.1) is 0 Å². The summed E-state index contributed by atoms with van der Waals surface area (Å²) in [6, 6.07) is 13.2. The topological polar surface area (TPSA) is 9.23 Å². The lowest BCUT2D eigenvalue weighted by Crippen LogP contribution is -2.25. The van der Waals surface area contributed by atoms with Gasteiger partial charge >= 0.3 is 6.11 Å². The lowest BCUT2D eigenvalue weighted by atomic mass is 9.78. The Labute approximate surface area is 252 Å². The second-order valence-electron chi connectivity index (χ2n) is 11.2. The molecule has 8 heteroatoms. The highest BCUT2D eigenvalue weighted by molar-refractivity contribution is 5.72. The molecule has 0 atom stereocenters. The van der Waals surface area contributed by atoms with Crippen molar-refractivity contribution in [1.82, 2.24) is 0 Å². The lowest BCUT2D eigenvalue weighted by Gasteiger charge is -2.27. The van der Waals surface area contributed by atoms with Crippen molar-refractivity contribution in [2.45, 2.75) is 57.5 Å². The highest BCUT2D eigenvalue weighted by Gasteiger charge is 2.41. The van der Waals surface area contributed by atoms with E-state index in [1.807, 2.05) is 6.07 Å². The molecule has 4 aromatic carbocycles. The molecular formula is C36H31F7O. The van der Waals surface area contributed by atoms with Gasteiger partial charge < -0.3 is 4.74 Å². The van der Waals surface area contributed by atoms with Gasteiger partial charge in [0.15, 0.2) is 0 Å². The molecule has 1 aliphatic rings. The van der Waals surface area contributed by atoms with Gasteiger partial charge in [-0.05, 0) is 109 Å². The second kappa shape index (κ2) is 13.3.